The van der Waals surface area contributed by atoms with Crippen molar-refractivity contribution in [1.29, 1.82) is 5.26 Å². The lowest BCUT2D eigenvalue weighted by molar-refractivity contribution is 0.102. The summed E-state index contributed by atoms with van der Waals surface area (Å²) in [6.45, 7) is 7.07. The van der Waals surface area contributed by atoms with Gasteiger partial charge in [-0.1, -0.05) is 19.9 Å². The van der Waals surface area contributed by atoms with Gasteiger partial charge in [-0.3, -0.25) is 4.79 Å². The molecule has 25 heavy (non-hydrogen) atoms. The Hall–Kier alpha value is -3.00. The van der Waals surface area contributed by atoms with Crippen molar-refractivity contribution in [2.45, 2.75) is 20.8 Å². The zero-order valence-corrected chi connectivity index (χ0v) is 14.7. The van der Waals surface area contributed by atoms with E-state index >= 15 is 0 Å². The van der Waals surface area contributed by atoms with E-state index < -0.39 is 0 Å². The van der Waals surface area contributed by atoms with E-state index in [0.29, 0.717) is 47.4 Å². The second-order valence-corrected chi connectivity index (χ2v) is 5.95. The number of nitrogens with one attached hydrogen (secondary N) is 1. The smallest absolute Gasteiger partial charge is 0.255 e. The third-order valence-electron chi connectivity index (χ3n) is 3.33. The van der Waals surface area contributed by atoms with E-state index in [2.05, 4.69) is 19.2 Å². The minimum Gasteiger partial charge on any atom is -0.490 e. The Morgan fingerprint density at radius 2 is 1.96 bits per heavy atom. The van der Waals surface area contributed by atoms with Crippen LogP contribution in [-0.2, 0) is 0 Å². The summed E-state index contributed by atoms with van der Waals surface area (Å²) < 4.78 is 11.3. The molecule has 0 unspecified atom stereocenters. The van der Waals surface area contributed by atoms with Gasteiger partial charge in [-0.25, -0.2) is 0 Å². The summed E-state index contributed by atoms with van der Waals surface area (Å²) in [7, 11) is 0. The average molecular weight is 338 g/mol. The minimum absolute atomic E-state index is 0.272. The summed E-state index contributed by atoms with van der Waals surface area (Å²) >= 11 is 0. The maximum absolute atomic E-state index is 12.5. The molecule has 0 saturated heterocycles. The van der Waals surface area contributed by atoms with Crippen LogP contribution in [0.3, 0.4) is 0 Å². The maximum Gasteiger partial charge on any atom is 0.255 e. The molecule has 2 aromatic rings. The number of carbonyl (C=O) groups is 1. The van der Waals surface area contributed by atoms with Gasteiger partial charge in [0.25, 0.3) is 5.91 Å². The largest absolute Gasteiger partial charge is 0.490 e. The number of hydrogen-bond acceptors (Lipinski definition) is 4. The number of carbonyl (C=O) groups excluding carboxylic acids is 1. The van der Waals surface area contributed by atoms with Crippen molar-refractivity contribution in [3.63, 3.8) is 0 Å². The Morgan fingerprint density at radius 3 is 2.64 bits per heavy atom. The predicted molar refractivity (Wildman–Crippen MR) is 97.1 cm³/mol. The van der Waals surface area contributed by atoms with Crippen LogP contribution in [0.2, 0.25) is 0 Å². The number of amides is 1. The predicted octanol–water partition coefficient (Wildman–Crippen LogP) is 4.24. The molecule has 5 heteroatoms. The second-order valence-electron chi connectivity index (χ2n) is 5.95. The zero-order chi connectivity index (χ0) is 18.2. The lowest BCUT2D eigenvalue weighted by atomic mass is 10.1. The Morgan fingerprint density at radius 1 is 1.16 bits per heavy atom. The monoisotopic (exact) mass is 338 g/mol. The maximum atomic E-state index is 12.5. The molecule has 0 spiro atoms. The molecule has 0 aromatic heterocycles. The van der Waals surface area contributed by atoms with Gasteiger partial charge < -0.3 is 14.8 Å². The fourth-order valence-corrected chi connectivity index (χ4v) is 2.16. The van der Waals surface area contributed by atoms with Crippen molar-refractivity contribution < 1.29 is 14.3 Å². The summed E-state index contributed by atoms with van der Waals surface area (Å²) in [5.74, 6) is 1.29. The first-order valence-corrected chi connectivity index (χ1v) is 8.24. The first-order valence-electron chi connectivity index (χ1n) is 8.24. The average Bonchev–Trinajstić information content (AvgIpc) is 2.60. The zero-order valence-electron chi connectivity index (χ0n) is 14.7. The van der Waals surface area contributed by atoms with Gasteiger partial charge in [-0.15, -0.1) is 0 Å². The summed E-state index contributed by atoms with van der Waals surface area (Å²) in [6, 6.07) is 13.9. The molecule has 0 aliphatic rings. The number of nitrogens with zero attached hydrogens (tertiary/aromatic N) is 1. The minimum atomic E-state index is -0.272. The van der Waals surface area contributed by atoms with Crippen LogP contribution in [0.5, 0.6) is 11.5 Å². The summed E-state index contributed by atoms with van der Waals surface area (Å²) in [5, 5.41) is 11.7. The molecular weight excluding hydrogens is 316 g/mol. The molecule has 5 nitrogen and oxygen atoms in total. The summed E-state index contributed by atoms with van der Waals surface area (Å²) in [6.07, 6.45) is 0. The van der Waals surface area contributed by atoms with E-state index in [1.807, 2.05) is 13.0 Å². The van der Waals surface area contributed by atoms with Crippen LogP contribution in [0, 0.1) is 17.2 Å². The first kappa shape index (κ1) is 18.3. The quantitative estimate of drug-likeness (QED) is 0.819. The fourth-order valence-electron chi connectivity index (χ4n) is 2.16. The lowest BCUT2D eigenvalue weighted by Crippen LogP contribution is -2.13. The highest BCUT2D eigenvalue weighted by Gasteiger charge is 2.12. The standard InChI is InChI=1S/C20H22N2O3/c1-4-24-19-11-16(8-9-18(19)25-13-14(2)3)20(23)22-17-7-5-6-15(10-17)12-21/h5-11,14H,4,13H2,1-3H3,(H,22,23). The van der Waals surface area contributed by atoms with Crippen LogP contribution in [0.4, 0.5) is 5.69 Å². The van der Waals surface area contributed by atoms with Crippen LogP contribution in [0.25, 0.3) is 0 Å². The third kappa shape index (κ3) is 5.25. The van der Waals surface area contributed by atoms with Crippen LogP contribution in [-0.4, -0.2) is 19.1 Å². The summed E-state index contributed by atoms with van der Waals surface area (Å²) in [5.41, 5.74) is 1.52. The van der Waals surface area contributed by atoms with Crippen molar-refractivity contribution in [3.05, 3.63) is 53.6 Å². The van der Waals surface area contributed by atoms with Gasteiger partial charge in [0.1, 0.15) is 0 Å². The van der Waals surface area contributed by atoms with Gasteiger partial charge in [0.05, 0.1) is 24.8 Å². The molecule has 0 atom stereocenters. The molecule has 0 aliphatic carbocycles. The highest BCUT2D eigenvalue weighted by Crippen LogP contribution is 2.29. The number of hydrogen-bond donors (Lipinski definition) is 1. The molecule has 0 bridgehead atoms. The Balaban J connectivity index is 2.18. The van der Waals surface area contributed by atoms with E-state index in [0.717, 1.165) is 0 Å². The number of benzene rings is 2. The van der Waals surface area contributed by atoms with Gasteiger partial charge in [0.2, 0.25) is 0 Å². The van der Waals surface area contributed by atoms with E-state index in [9.17, 15) is 4.79 Å². The molecule has 2 aromatic carbocycles. The van der Waals surface area contributed by atoms with Crippen molar-refractivity contribution in [2.75, 3.05) is 18.5 Å². The Labute approximate surface area is 148 Å². The molecule has 0 radical (unpaired) electrons. The third-order valence-corrected chi connectivity index (χ3v) is 3.33. The Kier molecular flexibility index (Phi) is 6.41. The number of nitriles is 1. The number of ether oxygens (including phenoxy) is 2. The SMILES string of the molecule is CCOc1cc(C(=O)Nc2cccc(C#N)c2)ccc1OCC(C)C. The molecular formula is C20H22N2O3. The van der Waals surface area contributed by atoms with E-state index in [1.165, 1.54) is 0 Å². The molecule has 0 aliphatic heterocycles. The van der Waals surface area contributed by atoms with Crippen LogP contribution in [0.1, 0.15) is 36.7 Å². The van der Waals surface area contributed by atoms with Crippen LogP contribution < -0.4 is 14.8 Å². The molecule has 1 N–H and O–H groups in total. The van der Waals surface area contributed by atoms with Crippen molar-refractivity contribution in [3.8, 4) is 17.6 Å². The highest BCUT2D eigenvalue weighted by molar-refractivity contribution is 6.04. The van der Waals surface area contributed by atoms with E-state index in [4.69, 9.17) is 14.7 Å². The number of anilines is 1. The number of rotatable bonds is 7. The van der Waals surface area contributed by atoms with Crippen molar-refractivity contribution in [1.82, 2.24) is 0 Å². The molecule has 130 valence electrons. The Bertz CT molecular complexity index is 779. The van der Waals surface area contributed by atoms with Crippen LogP contribution in [0.15, 0.2) is 42.5 Å². The lowest BCUT2D eigenvalue weighted by Gasteiger charge is -2.14. The molecule has 2 rings (SSSR count). The van der Waals surface area contributed by atoms with Gasteiger partial charge in [-0.05, 0) is 49.2 Å². The van der Waals surface area contributed by atoms with Crippen molar-refractivity contribution in [2.24, 2.45) is 5.92 Å². The molecule has 0 fully saturated rings. The van der Waals surface area contributed by atoms with Crippen LogP contribution >= 0.6 is 0 Å². The van der Waals surface area contributed by atoms with E-state index in [1.54, 1.807) is 42.5 Å². The fraction of sp³-hybridized carbons (Fsp3) is 0.300. The van der Waals surface area contributed by atoms with Gasteiger partial charge in [0.15, 0.2) is 11.5 Å². The van der Waals surface area contributed by atoms with Crippen molar-refractivity contribution >= 4 is 11.6 Å². The second kappa shape index (κ2) is 8.74. The molecule has 0 heterocycles. The molecule has 0 saturated carbocycles. The summed E-state index contributed by atoms with van der Waals surface area (Å²) in [4.78, 5) is 12.5. The first-order chi connectivity index (χ1) is 12.0. The van der Waals surface area contributed by atoms with Gasteiger partial charge in [0, 0.05) is 11.3 Å². The van der Waals surface area contributed by atoms with Gasteiger partial charge >= 0.3 is 0 Å². The molecule has 1 amide bonds. The van der Waals surface area contributed by atoms with Gasteiger partial charge in [-0.2, -0.15) is 5.26 Å². The normalized spacial score (nSPS) is 10.2. The highest BCUT2D eigenvalue weighted by atomic mass is 16.5. The topological polar surface area (TPSA) is 71.3 Å². The van der Waals surface area contributed by atoms with E-state index in [-0.39, 0.29) is 5.91 Å².